The molecule has 2 rings (SSSR count). The fourth-order valence-electron chi connectivity index (χ4n) is 4.19. The average molecular weight is 353 g/mol. The van der Waals surface area contributed by atoms with E-state index in [1.165, 1.54) is 104 Å². The van der Waals surface area contributed by atoms with Crippen molar-refractivity contribution in [1.82, 2.24) is 20.4 Å². The summed E-state index contributed by atoms with van der Waals surface area (Å²) in [5, 5.41) is 7.59. The molecule has 0 aromatic rings. The Morgan fingerprint density at radius 1 is 0.720 bits per heavy atom. The Morgan fingerprint density at radius 3 is 2.12 bits per heavy atom. The molecule has 0 saturated carbocycles. The van der Waals surface area contributed by atoms with Gasteiger partial charge in [-0.3, -0.25) is 0 Å². The molecule has 4 unspecified atom stereocenters. The summed E-state index contributed by atoms with van der Waals surface area (Å²) in [6, 6.07) is 1.38. The molecule has 0 aromatic carbocycles. The van der Waals surface area contributed by atoms with Crippen molar-refractivity contribution >= 4 is 0 Å². The quantitative estimate of drug-likeness (QED) is 0.689. The van der Waals surface area contributed by atoms with Gasteiger partial charge in [0.15, 0.2) is 0 Å². The molecule has 2 fully saturated rings. The van der Waals surface area contributed by atoms with Crippen molar-refractivity contribution in [1.29, 1.82) is 0 Å². The Kier molecular flexibility index (Phi) is 11.1. The zero-order chi connectivity index (χ0) is 17.7. The van der Waals surface area contributed by atoms with Crippen LogP contribution in [0.4, 0.5) is 0 Å². The third-order valence-electron chi connectivity index (χ3n) is 6.09. The molecule has 2 bridgehead atoms. The van der Waals surface area contributed by atoms with Crippen LogP contribution in [0.25, 0.3) is 0 Å². The topological polar surface area (TPSA) is 30.5 Å². The van der Waals surface area contributed by atoms with Gasteiger partial charge in [0.05, 0.1) is 0 Å². The molecule has 2 aliphatic rings. The number of hydrogen-bond acceptors (Lipinski definition) is 4. The summed E-state index contributed by atoms with van der Waals surface area (Å²) >= 11 is 0. The highest BCUT2D eigenvalue weighted by molar-refractivity contribution is 4.77. The second kappa shape index (κ2) is 13.1. The van der Waals surface area contributed by atoms with Crippen molar-refractivity contribution in [3.8, 4) is 0 Å². The standard InChI is InChI=1S/C21H44N4/c1-3-4-5-6-7-8-9-21-11-15-25-16-12-22-20(2)10-14-24(18-19-25)17-13-23-21/h20-23H,3-19H2,1-2H3. The molecule has 25 heavy (non-hydrogen) atoms. The predicted octanol–water partition coefficient (Wildman–Crippen LogP) is 3.08. The minimum Gasteiger partial charge on any atom is -0.313 e. The molecule has 4 heteroatoms. The van der Waals surface area contributed by atoms with Crippen LogP contribution in [0.2, 0.25) is 0 Å². The van der Waals surface area contributed by atoms with Crippen LogP contribution < -0.4 is 10.6 Å². The van der Waals surface area contributed by atoms with Gasteiger partial charge in [-0.2, -0.15) is 0 Å². The summed E-state index contributed by atoms with van der Waals surface area (Å²) in [6.07, 6.45) is 12.4. The van der Waals surface area contributed by atoms with Crippen molar-refractivity contribution in [2.24, 2.45) is 0 Å². The van der Waals surface area contributed by atoms with Gasteiger partial charge in [0.25, 0.3) is 0 Å². The summed E-state index contributed by atoms with van der Waals surface area (Å²) in [5.74, 6) is 0. The summed E-state index contributed by atoms with van der Waals surface area (Å²) in [6.45, 7) is 14.4. The normalized spacial score (nSPS) is 32.4. The van der Waals surface area contributed by atoms with E-state index < -0.39 is 0 Å². The van der Waals surface area contributed by atoms with Gasteiger partial charge in [-0.05, 0) is 39.3 Å². The first-order chi connectivity index (χ1) is 12.3. The van der Waals surface area contributed by atoms with Gasteiger partial charge in [0.2, 0.25) is 0 Å². The van der Waals surface area contributed by atoms with Crippen molar-refractivity contribution < 1.29 is 0 Å². The van der Waals surface area contributed by atoms with Crippen LogP contribution in [0.5, 0.6) is 0 Å². The highest BCUT2D eigenvalue weighted by Crippen LogP contribution is 2.12. The zero-order valence-electron chi connectivity index (χ0n) is 17.1. The van der Waals surface area contributed by atoms with Crippen LogP contribution in [0, 0.1) is 0 Å². The number of nitrogens with one attached hydrogen (secondary N) is 2. The van der Waals surface area contributed by atoms with Crippen molar-refractivity contribution in [2.45, 2.75) is 83.7 Å². The predicted molar refractivity (Wildman–Crippen MR) is 109 cm³/mol. The van der Waals surface area contributed by atoms with E-state index in [0.29, 0.717) is 6.04 Å². The van der Waals surface area contributed by atoms with E-state index in [1.54, 1.807) is 0 Å². The van der Waals surface area contributed by atoms with Crippen LogP contribution in [-0.4, -0.2) is 74.2 Å². The van der Waals surface area contributed by atoms with E-state index in [2.05, 4.69) is 34.3 Å². The first kappa shape index (κ1) is 21.1. The third kappa shape index (κ3) is 9.37. The molecule has 0 spiro atoms. The van der Waals surface area contributed by atoms with E-state index in [0.717, 1.165) is 12.6 Å². The van der Waals surface area contributed by atoms with Crippen molar-refractivity contribution in [2.75, 3.05) is 52.4 Å². The monoisotopic (exact) mass is 352 g/mol. The SMILES string of the molecule is CCCCCCCCC1CCN2CCNC(C)CCN(CCN1)CC2. The van der Waals surface area contributed by atoms with Gasteiger partial charge in [0.1, 0.15) is 0 Å². The van der Waals surface area contributed by atoms with Crippen molar-refractivity contribution in [3.05, 3.63) is 0 Å². The van der Waals surface area contributed by atoms with Crippen LogP contribution in [-0.2, 0) is 0 Å². The summed E-state index contributed by atoms with van der Waals surface area (Å²) in [5.41, 5.74) is 0. The Labute approximate surface area is 157 Å². The molecule has 4 atom stereocenters. The first-order valence-corrected chi connectivity index (χ1v) is 11.2. The zero-order valence-corrected chi connectivity index (χ0v) is 17.1. The summed E-state index contributed by atoms with van der Waals surface area (Å²) < 4.78 is 0. The molecule has 2 saturated heterocycles. The highest BCUT2D eigenvalue weighted by Gasteiger charge is 2.18. The van der Waals surface area contributed by atoms with E-state index in [4.69, 9.17) is 0 Å². The molecule has 2 heterocycles. The fraction of sp³-hybridized carbons (Fsp3) is 1.00. The van der Waals surface area contributed by atoms with Gasteiger partial charge >= 0.3 is 0 Å². The molecule has 2 aliphatic heterocycles. The van der Waals surface area contributed by atoms with E-state index >= 15 is 0 Å². The Morgan fingerprint density at radius 2 is 1.36 bits per heavy atom. The Balaban J connectivity index is 1.75. The lowest BCUT2D eigenvalue weighted by Gasteiger charge is -2.34. The van der Waals surface area contributed by atoms with E-state index in [-0.39, 0.29) is 0 Å². The van der Waals surface area contributed by atoms with Gasteiger partial charge in [-0.1, -0.05) is 45.4 Å². The third-order valence-corrected chi connectivity index (χ3v) is 6.09. The maximum atomic E-state index is 3.89. The lowest BCUT2D eigenvalue weighted by Crippen LogP contribution is -2.48. The molecular weight excluding hydrogens is 308 g/mol. The average Bonchev–Trinajstić information content (AvgIpc) is 2.62. The van der Waals surface area contributed by atoms with Gasteiger partial charge in [-0.25, -0.2) is 0 Å². The number of rotatable bonds is 7. The number of nitrogens with zero attached hydrogens (tertiary/aromatic N) is 2. The van der Waals surface area contributed by atoms with E-state index in [1.807, 2.05) is 0 Å². The smallest absolute Gasteiger partial charge is 0.0110 e. The molecule has 0 aliphatic carbocycles. The minimum absolute atomic E-state index is 0.652. The Hall–Kier alpha value is -0.160. The molecule has 0 amide bonds. The second-order valence-corrected chi connectivity index (χ2v) is 8.32. The van der Waals surface area contributed by atoms with Crippen LogP contribution >= 0.6 is 0 Å². The molecule has 0 radical (unpaired) electrons. The van der Waals surface area contributed by atoms with Crippen LogP contribution in [0.3, 0.4) is 0 Å². The summed E-state index contributed by atoms with van der Waals surface area (Å²) in [7, 11) is 0. The van der Waals surface area contributed by atoms with Crippen LogP contribution in [0.1, 0.15) is 71.6 Å². The molecule has 4 nitrogen and oxygen atoms in total. The van der Waals surface area contributed by atoms with Crippen LogP contribution in [0.15, 0.2) is 0 Å². The van der Waals surface area contributed by atoms with Crippen molar-refractivity contribution in [3.63, 3.8) is 0 Å². The van der Waals surface area contributed by atoms with Gasteiger partial charge in [-0.15, -0.1) is 0 Å². The summed E-state index contributed by atoms with van der Waals surface area (Å²) in [4.78, 5) is 5.37. The maximum absolute atomic E-state index is 3.89. The number of unbranched alkanes of at least 4 members (excludes halogenated alkanes) is 5. The fourth-order valence-corrected chi connectivity index (χ4v) is 4.19. The largest absolute Gasteiger partial charge is 0.313 e. The highest BCUT2D eigenvalue weighted by atomic mass is 15.2. The molecule has 2 N–H and O–H groups in total. The lowest BCUT2D eigenvalue weighted by atomic mass is 10.0. The molecule has 0 aromatic heterocycles. The number of fused-ring (bicyclic) bond motifs is 3. The molecular formula is C21H44N4. The Bertz CT molecular complexity index is 323. The van der Waals surface area contributed by atoms with E-state index in [9.17, 15) is 0 Å². The number of hydrogen-bond donors (Lipinski definition) is 2. The molecule has 148 valence electrons. The van der Waals surface area contributed by atoms with Gasteiger partial charge < -0.3 is 20.4 Å². The lowest BCUT2D eigenvalue weighted by molar-refractivity contribution is 0.167. The second-order valence-electron chi connectivity index (χ2n) is 8.32. The van der Waals surface area contributed by atoms with Gasteiger partial charge in [0, 0.05) is 51.4 Å². The first-order valence-electron chi connectivity index (χ1n) is 11.2. The maximum Gasteiger partial charge on any atom is 0.0110 e. The minimum atomic E-state index is 0.652.